The molecule has 1 N–H and O–H groups in total. The predicted molar refractivity (Wildman–Crippen MR) is 170 cm³/mol. The molecule has 0 atom stereocenters. The van der Waals surface area contributed by atoms with Gasteiger partial charge in [0.1, 0.15) is 29.7 Å². The number of nitrogens with one attached hydrogen (secondary N) is 1. The van der Waals surface area contributed by atoms with Crippen molar-refractivity contribution in [3.63, 3.8) is 0 Å². The fourth-order valence-corrected chi connectivity index (χ4v) is 6.74. The first-order valence-corrected chi connectivity index (χ1v) is 16.4. The van der Waals surface area contributed by atoms with Crippen molar-refractivity contribution >= 4 is 33.7 Å². The van der Waals surface area contributed by atoms with Crippen molar-refractivity contribution in [1.29, 1.82) is 5.26 Å². The number of sulfonamides is 1. The summed E-state index contributed by atoms with van der Waals surface area (Å²) in [7, 11) is -3.76. The van der Waals surface area contributed by atoms with Crippen LogP contribution in [0.4, 0.5) is 16.4 Å². The number of nitrogens with zero attached hydrogens (tertiary/aromatic N) is 6. The van der Waals surface area contributed by atoms with Crippen molar-refractivity contribution in [2.75, 3.05) is 55.7 Å². The molecule has 0 unspecified atom stereocenters. The van der Waals surface area contributed by atoms with Gasteiger partial charge in [0.15, 0.2) is 0 Å². The van der Waals surface area contributed by atoms with Gasteiger partial charge in [-0.2, -0.15) is 9.57 Å². The molecule has 2 aromatic carbocycles. The Balaban J connectivity index is 1.17. The highest BCUT2D eigenvalue weighted by Gasteiger charge is 2.32. The summed E-state index contributed by atoms with van der Waals surface area (Å²) in [6.45, 7) is 9.39. The first kappa shape index (κ1) is 32.6. The Morgan fingerprint density at radius 2 is 1.72 bits per heavy atom. The summed E-state index contributed by atoms with van der Waals surface area (Å²) in [4.78, 5) is 37.5. The minimum atomic E-state index is -3.76. The molecule has 0 bridgehead atoms. The van der Waals surface area contributed by atoms with Gasteiger partial charge in [-0.25, -0.2) is 23.2 Å². The number of nitriles is 1. The van der Waals surface area contributed by atoms with E-state index in [2.05, 4.69) is 15.3 Å². The number of benzene rings is 2. The summed E-state index contributed by atoms with van der Waals surface area (Å²) in [6, 6.07) is 15.3. The van der Waals surface area contributed by atoms with E-state index in [1.165, 1.54) is 4.31 Å². The van der Waals surface area contributed by atoms with Crippen LogP contribution in [0.15, 0.2) is 53.4 Å². The Hall–Kier alpha value is -4.74. The van der Waals surface area contributed by atoms with E-state index in [0.717, 1.165) is 5.56 Å². The van der Waals surface area contributed by atoms with Crippen LogP contribution < -0.4 is 19.9 Å². The molecule has 3 heterocycles. The molecule has 5 rings (SSSR count). The number of alkyl carbamates (subject to hydrolysis) is 1. The molecule has 14 heteroatoms. The summed E-state index contributed by atoms with van der Waals surface area (Å²) >= 11 is 0. The topological polar surface area (TPSA) is 158 Å². The molecule has 0 saturated carbocycles. The molecule has 1 saturated heterocycles. The SMILES string of the molecule is Cc1cc(C#N)nc(N2CCN(S(=O)(=O)c3ccc4c(c3)CCN4C(=O)c3ccc(OCCNC(=O)OC(C)(C)C)cc3)CC2)n1. The zero-order valence-corrected chi connectivity index (χ0v) is 27.1. The summed E-state index contributed by atoms with van der Waals surface area (Å²) < 4.78 is 39.4. The zero-order chi connectivity index (χ0) is 33.1. The lowest BCUT2D eigenvalue weighted by atomic mass is 10.1. The maximum atomic E-state index is 13.6. The first-order valence-electron chi connectivity index (χ1n) is 15.0. The van der Waals surface area contributed by atoms with Crippen LogP contribution >= 0.6 is 0 Å². The lowest BCUT2D eigenvalue weighted by Crippen LogP contribution is -2.49. The van der Waals surface area contributed by atoms with E-state index < -0.39 is 21.7 Å². The second-order valence-corrected chi connectivity index (χ2v) is 13.9. The van der Waals surface area contributed by atoms with Crippen LogP contribution in [-0.4, -0.2) is 86.2 Å². The molecule has 2 aliphatic heterocycles. The Morgan fingerprint density at radius 3 is 2.39 bits per heavy atom. The lowest BCUT2D eigenvalue weighted by molar-refractivity contribution is 0.0520. The number of aromatic nitrogens is 2. The van der Waals surface area contributed by atoms with Crippen LogP contribution in [0, 0.1) is 18.3 Å². The monoisotopic (exact) mass is 647 g/mol. The Bertz CT molecular complexity index is 1760. The number of amides is 2. The van der Waals surface area contributed by atoms with Crippen LogP contribution in [0.1, 0.15) is 48.1 Å². The number of aryl methyl sites for hydroxylation is 1. The molecule has 46 heavy (non-hydrogen) atoms. The number of hydrogen-bond acceptors (Lipinski definition) is 10. The van der Waals surface area contributed by atoms with Crippen molar-refractivity contribution < 1.29 is 27.5 Å². The van der Waals surface area contributed by atoms with E-state index in [0.29, 0.717) is 54.7 Å². The van der Waals surface area contributed by atoms with E-state index in [1.807, 2.05) is 11.0 Å². The summed E-state index contributed by atoms with van der Waals surface area (Å²) in [5.74, 6) is 0.783. The Labute approximate surface area is 268 Å². The number of rotatable bonds is 8. The number of hydrogen-bond donors (Lipinski definition) is 1. The third-order valence-electron chi connectivity index (χ3n) is 7.45. The first-order chi connectivity index (χ1) is 21.8. The molecular formula is C32H37N7O6S. The lowest BCUT2D eigenvalue weighted by Gasteiger charge is -2.34. The molecule has 2 aliphatic rings. The van der Waals surface area contributed by atoms with Crippen LogP contribution in [0.5, 0.6) is 5.75 Å². The minimum absolute atomic E-state index is 0.190. The standard InChI is InChI=1S/C32H37N7O6S/c1-22-19-25(21-33)36-30(35-22)37-14-16-38(17-15-37)46(42,43)27-9-10-28-24(20-27)11-13-39(28)29(40)23-5-7-26(8-6-23)44-18-12-34-31(41)45-32(2,3)4/h5-10,19-20H,11-18H2,1-4H3,(H,34,41). The molecule has 0 aliphatic carbocycles. The van der Waals surface area contributed by atoms with Gasteiger partial charge in [0, 0.05) is 49.7 Å². The average Bonchev–Trinajstić information content (AvgIpc) is 3.45. The maximum absolute atomic E-state index is 13.6. The van der Waals surface area contributed by atoms with E-state index in [1.54, 1.807) is 81.1 Å². The van der Waals surface area contributed by atoms with Crippen LogP contribution in [0.25, 0.3) is 0 Å². The highest BCUT2D eigenvalue weighted by atomic mass is 32.2. The van der Waals surface area contributed by atoms with Gasteiger partial charge in [-0.15, -0.1) is 0 Å². The third-order valence-corrected chi connectivity index (χ3v) is 9.34. The van der Waals surface area contributed by atoms with Gasteiger partial charge in [0.05, 0.1) is 11.4 Å². The summed E-state index contributed by atoms with van der Waals surface area (Å²) in [5.41, 5.74) is 2.33. The van der Waals surface area contributed by atoms with Crippen molar-refractivity contribution in [1.82, 2.24) is 19.6 Å². The largest absolute Gasteiger partial charge is 0.492 e. The summed E-state index contributed by atoms with van der Waals surface area (Å²) in [5, 5.41) is 11.9. The van der Waals surface area contributed by atoms with Gasteiger partial charge in [0.25, 0.3) is 5.91 Å². The number of fused-ring (bicyclic) bond motifs is 1. The van der Waals surface area contributed by atoms with Gasteiger partial charge in [0.2, 0.25) is 16.0 Å². The number of anilines is 2. The number of ether oxygens (including phenoxy) is 2. The molecule has 1 fully saturated rings. The second kappa shape index (κ2) is 13.3. The van der Waals surface area contributed by atoms with Gasteiger partial charge in [-0.05, 0) is 88.2 Å². The van der Waals surface area contributed by atoms with Crippen LogP contribution in [0.2, 0.25) is 0 Å². The predicted octanol–water partition coefficient (Wildman–Crippen LogP) is 3.27. The number of piperazine rings is 1. The quantitative estimate of drug-likeness (QED) is 0.360. The van der Waals surface area contributed by atoms with E-state index >= 15 is 0 Å². The summed E-state index contributed by atoms with van der Waals surface area (Å²) in [6.07, 6.45) is 0.0206. The molecule has 0 radical (unpaired) electrons. The van der Waals surface area contributed by atoms with Crippen molar-refractivity contribution in [3.8, 4) is 11.8 Å². The van der Waals surface area contributed by atoms with Gasteiger partial charge < -0.3 is 24.6 Å². The molecule has 242 valence electrons. The molecule has 1 aromatic heterocycles. The highest BCUT2D eigenvalue weighted by Crippen LogP contribution is 2.33. The van der Waals surface area contributed by atoms with Gasteiger partial charge in [-0.1, -0.05) is 0 Å². The van der Waals surface area contributed by atoms with Gasteiger partial charge >= 0.3 is 6.09 Å². The van der Waals surface area contributed by atoms with E-state index in [9.17, 15) is 23.3 Å². The third kappa shape index (κ3) is 7.55. The number of carbonyl (C=O) groups is 2. The van der Waals surface area contributed by atoms with Gasteiger partial charge in [-0.3, -0.25) is 4.79 Å². The zero-order valence-electron chi connectivity index (χ0n) is 26.3. The fourth-order valence-electron chi connectivity index (χ4n) is 5.26. The van der Waals surface area contributed by atoms with E-state index in [-0.39, 0.29) is 42.7 Å². The molecule has 2 amide bonds. The molecule has 3 aromatic rings. The van der Waals surface area contributed by atoms with Crippen LogP contribution in [0.3, 0.4) is 0 Å². The Morgan fingerprint density at radius 1 is 1.00 bits per heavy atom. The smallest absolute Gasteiger partial charge is 0.407 e. The molecular weight excluding hydrogens is 610 g/mol. The van der Waals surface area contributed by atoms with Crippen LogP contribution in [-0.2, 0) is 21.2 Å². The van der Waals surface area contributed by atoms with Crippen molar-refractivity contribution in [2.45, 2.75) is 44.6 Å². The normalized spacial score (nSPS) is 15.2. The Kier molecular flexibility index (Phi) is 9.45. The highest BCUT2D eigenvalue weighted by molar-refractivity contribution is 7.89. The van der Waals surface area contributed by atoms with Crippen molar-refractivity contribution in [3.05, 3.63) is 71.0 Å². The second-order valence-electron chi connectivity index (χ2n) is 12.0. The fraction of sp³-hybridized carbons (Fsp3) is 0.406. The number of carbonyl (C=O) groups excluding carboxylic acids is 2. The van der Waals surface area contributed by atoms with Crippen molar-refractivity contribution in [2.24, 2.45) is 0 Å². The van der Waals surface area contributed by atoms with E-state index in [4.69, 9.17) is 9.47 Å². The molecule has 0 spiro atoms. The minimum Gasteiger partial charge on any atom is -0.492 e. The molecule has 13 nitrogen and oxygen atoms in total. The average molecular weight is 648 g/mol. The maximum Gasteiger partial charge on any atom is 0.407 e.